The third kappa shape index (κ3) is 5.38. The molecule has 2 aromatic rings. The van der Waals surface area contributed by atoms with Gasteiger partial charge < -0.3 is 15.0 Å². The molecular weight excluding hydrogens is 431 g/mol. The summed E-state index contributed by atoms with van der Waals surface area (Å²) < 4.78 is 46.1. The summed E-state index contributed by atoms with van der Waals surface area (Å²) in [4.78, 5) is 14.9. The molecule has 0 bridgehead atoms. The molecular formula is C25H28F3N3O2. The number of allylic oxidation sites excluding steroid dienone is 1. The Kier molecular flexibility index (Phi) is 7.15. The maximum Gasteiger partial charge on any atom is 0.418 e. The van der Waals surface area contributed by atoms with Crippen molar-refractivity contribution in [3.63, 3.8) is 0 Å². The van der Waals surface area contributed by atoms with E-state index in [1.165, 1.54) is 19.2 Å². The van der Waals surface area contributed by atoms with E-state index < -0.39 is 17.6 Å². The molecule has 176 valence electrons. The summed E-state index contributed by atoms with van der Waals surface area (Å²) in [6.07, 6.45) is -3.03. The molecule has 1 amide bonds. The summed E-state index contributed by atoms with van der Waals surface area (Å²) in [6, 6.07) is 9.12. The van der Waals surface area contributed by atoms with Crippen LogP contribution in [-0.4, -0.2) is 32.3 Å². The number of alkyl halides is 3. The predicted molar refractivity (Wildman–Crippen MR) is 124 cm³/mol. The van der Waals surface area contributed by atoms with E-state index in [4.69, 9.17) is 10.1 Å². The van der Waals surface area contributed by atoms with E-state index in [1.807, 2.05) is 26.0 Å². The number of nitrogens with zero attached hydrogens (tertiary/aromatic N) is 1. The smallest absolute Gasteiger partial charge is 0.418 e. The van der Waals surface area contributed by atoms with Crippen LogP contribution < -0.4 is 15.0 Å². The molecule has 0 unspecified atom stereocenters. The second kappa shape index (κ2) is 9.68. The standard InChI is InChI=1S/C25H28F3N3O2/c1-5-31(3)17-9-10-21(25(26,27)28)22(14-17)30-24(32)20-8-6-7-19(20)23(29)16-11-15(2)12-18(13-16)33-4/h9-14,29H,5-8H2,1-4H3,(H,30,32). The highest BCUT2D eigenvalue weighted by Crippen LogP contribution is 2.38. The Morgan fingerprint density at radius 2 is 1.85 bits per heavy atom. The van der Waals surface area contributed by atoms with Gasteiger partial charge in [0.1, 0.15) is 5.75 Å². The van der Waals surface area contributed by atoms with Crippen LogP contribution in [0.3, 0.4) is 0 Å². The number of hydrogen-bond donors (Lipinski definition) is 2. The van der Waals surface area contributed by atoms with E-state index >= 15 is 0 Å². The highest BCUT2D eigenvalue weighted by Gasteiger charge is 2.35. The Labute approximate surface area is 191 Å². The summed E-state index contributed by atoms with van der Waals surface area (Å²) in [6.45, 7) is 4.37. The Bertz CT molecular complexity index is 1110. The van der Waals surface area contributed by atoms with Crippen molar-refractivity contribution >= 4 is 23.0 Å². The zero-order valence-electron chi connectivity index (χ0n) is 19.2. The summed E-state index contributed by atoms with van der Waals surface area (Å²) in [5, 5.41) is 11.2. The molecule has 33 heavy (non-hydrogen) atoms. The zero-order valence-corrected chi connectivity index (χ0v) is 19.2. The van der Waals surface area contributed by atoms with Crippen molar-refractivity contribution in [1.29, 1.82) is 5.41 Å². The van der Waals surface area contributed by atoms with Crippen LogP contribution in [0.1, 0.15) is 42.9 Å². The number of rotatable bonds is 7. The number of ether oxygens (including phenoxy) is 1. The van der Waals surface area contributed by atoms with Gasteiger partial charge in [0, 0.05) is 30.4 Å². The van der Waals surface area contributed by atoms with Crippen molar-refractivity contribution in [2.45, 2.75) is 39.3 Å². The lowest BCUT2D eigenvalue weighted by Gasteiger charge is -2.21. The van der Waals surface area contributed by atoms with Gasteiger partial charge in [0.25, 0.3) is 5.91 Å². The minimum Gasteiger partial charge on any atom is -0.497 e. The number of anilines is 2. The summed E-state index contributed by atoms with van der Waals surface area (Å²) in [5.74, 6) is -0.000281. The second-order valence-electron chi connectivity index (χ2n) is 8.12. The van der Waals surface area contributed by atoms with Crippen molar-refractivity contribution in [2.24, 2.45) is 0 Å². The van der Waals surface area contributed by atoms with E-state index in [1.54, 1.807) is 18.0 Å². The minimum absolute atomic E-state index is 0.190. The molecule has 0 aliphatic heterocycles. The molecule has 8 heteroatoms. The van der Waals surface area contributed by atoms with Crippen molar-refractivity contribution < 1.29 is 22.7 Å². The molecule has 0 aromatic heterocycles. The maximum atomic E-state index is 13.6. The maximum absolute atomic E-state index is 13.6. The van der Waals surface area contributed by atoms with Gasteiger partial charge in [-0.05, 0) is 80.6 Å². The van der Waals surface area contributed by atoms with Gasteiger partial charge >= 0.3 is 6.18 Å². The summed E-state index contributed by atoms with van der Waals surface area (Å²) in [7, 11) is 3.31. The molecule has 0 saturated carbocycles. The molecule has 0 radical (unpaired) electrons. The van der Waals surface area contributed by atoms with Crippen LogP contribution in [0.25, 0.3) is 0 Å². The third-order valence-corrected chi connectivity index (χ3v) is 5.84. The van der Waals surface area contributed by atoms with E-state index in [0.29, 0.717) is 54.0 Å². The molecule has 2 N–H and O–H groups in total. The van der Waals surface area contributed by atoms with Gasteiger partial charge in [-0.1, -0.05) is 0 Å². The Hall–Kier alpha value is -3.29. The average Bonchev–Trinajstić information content (AvgIpc) is 3.26. The number of carbonyl (C=O) groups excluding carboxylic acids is 1. The molecule has 0 fully saturated rings. The van der Waals surface area contributed by atoms with Gasteiger partial charge in [-0.15, -0.1) is 0 Å². The van der Waals surface area contributed by atoms with Crippen LogP contribution in [0, 0.1) is 12.3 Å². The normalized spacial score (nSPS) is 13.8. The summed E-state index contributed by atoms with van der Waals surface area (Å²) in [5.41, 5.74) is 1.99. The van der Waals surface area contributed by atoms with Crippen molar-refractivity contribution in [1.82, 2.24) is 0 Å². The van der Waals surface area contributed by atoms with Crippen LogP contribution in [0.15, 0.2) is 47.5 Å². The van der Waals surface area contributed by atoms with E-state index in [0.717, 1.165) is 11.6 Å². The topological polar surface area (TPSA) is 65.4 Å². The molecule has 1 aliphatic rings. The number of halogens is 3. The van der Waals surface area contributed by atoms with Crippen molar-refractivity contribution in [3.8, 4) is 5.75 Å². The minimum atomic E-state index is -4.61. The van der Waals surface area contributed by atoms with Crippen molar-refractivity contribution in [3.05, 3.63) is 64.2 Å². The van der Waals surface area contributed by atoms with Crippen LogP contribution in [0.2, 0.25) is 0 Å². The molecule has 0 saturated heterocycles. The molecule has 1 aliphatic carbocycles. The quantitative estimate of drug-likeness (QED) is 0.502. The van der Waals surface area contributed by atoms with Crippen LogP contribution in [-0.2, 0) is 11.0 Å². The first-order chi connectivity index (χ1) is 15.5. The number of nitrogens with one attached hydrogen (secondary N) is 2. The van der Waals surface area contributed by atoms with Crippen molar-refractivity contribution in [2.75, 3.05) is 30.9 Å². The Morgan fingerprint density at radius 1 is 1.15 bits per heavy atom. The molecule has 2 aromatic carbocycles. The fraction of sp³-hybridized carbons (Fsp3) is 0.360. The van der Waals surface area contributed by atoms with E-state index in [2.05, 4.69) is 5.32 Å². The first-order valence-electron chi connectivity index (χ1n) is 10.8. The monoisotopic (exact) mass is 459 g/mol. The second-order valence-corrected chi connectivity index (χ2v) is 8.12. The number of carbonyl (C=O) groups is 1. The fourth-order valence-electron chi connectivity index (χ4n) is 3.96. The average molecular weight is 460 g/mol. The highest BCUT2D eigenvalue weighted by atomic mass is 19.4. The molecule has 5 nitrogen and oxygen atoms in total. The summed E-state index contributed by atoms with van der Waals surface area (Å²) >= 11 is 0. The first kappa shape index (κ1) is 24.4. The van der Waals surface area contributed by atoms with Gasteiger partial charge in [0.05, 0.1) is 24.1 Å². The van der Waals surface area contributed by atoms with E-state index in [-0.39, 0.29) is 11.4 Å². The number of hydrogen-bond acceptors (Lipinski definition) is 4. The lowest BCUT2D eigenvalue weighted by Crippen LogP contribution is -2.21. The van der Waals surface area contributed by atoms with E-state index in [9.17, 15) is 18.0 Å². The Morgan fingerprint density at radius 3 is 2.48 bits per heavy atom. The zero-order chi connectivity index (χ0) is 24.3. The fourth-order valence-corrected chi connectivity index (χ4v) is 3.96. The van der Waals surface area contributed by atoms with Gasteiger partial charge in [-0.25, -0.2) is 0 Å². The third-order valence-electron chi connectivity index (χ3n) is 5.84. The lowest BCUT2D eigenvalue weighted by atomic mass is 9.97. The van der Waals surface area contributed by atoms with Crippen LogP contribution >= 0.6 is 0 Å². The van der Waals surface area contributed by atoms with Crippen LogP contribution in [0.5, 0.6) is 5.75 Å². The van der Waals surface area contributed by atoms with Gasteiger partial charge in [0.15, 0.2) is 0 Å². The molecule has 0 atom stereocenters. The van der Waals surface area contributed by atoms with Gasteiger partial charge in [-0.2, -0.15) is 13.2 Å². The SMILES string of the molecule is CCN(C)c1ccc(C(F)(F)F)c(NC(=O)C2=C(C(=N)c3cc(C)cc(OC)c3)CCC2)c1. The van der Waals surface area contributed by atoms with Gasteiger partial charge in [-0.3, -0.25) is 10.2 Å². The number of amides is 1. The van der Waals surface area contributed by atoms with Crippen LogP contribution in [0.4, 0.5) is 24.5 Å². The molecule has 0 heterocycles. The number of methoxy groups -OCH3 is 1. The molecule has 0 spiro atoms. The Balaban J connectivity index is 1.97. The van der Waals surface area contributed by atoms with Gasteiger partial charge in [0.2, 0.25) is 0 Å². The number of benzene rings is 2. The first-order valence-corrected chi connectivity index (χ1v) is 10.8. The largest absolute Gasteiger partial charge is 0.497 e. The predicted octanol–water partition coefficient (Wildman–Crippen LogP) is 5.97. The lowest BCUT2D eigenvalue weighted by molar-refractivity contribution is -0.136. The molecule has 3 rings (SSSR count). The highest BCUT2D eigenvalue weighted by molar-refractivity contribution is 6.17. The number of aryl methyl sites for hydroxylation is 1.